The van der Waals surface area contributed by atoms with Crippen LogP contribution in [0.4, 0.5) is 8.78 Å². The molecule has 1 N–H and O–H groups in total. The molecular formula is C12H25F2N3O2S. The quantitative estimate of drug-likeness (QED) is 0.684. The van der Waals surface area contributed by atoms with Gasteiger partial charge in [0.25, 0.3) is 16.6 Å². The van der Waals surface area contributed by atoms with Crippen LogP contribution in [0, 0.1) is 5.92 Å². The van der Waals surface area contributed by atoms with Gasteiger partial charge in [-0.2, -0.15) is 17.0 Å². The molecule has 1 aliphatic rings. The molecule has 1 saturated heterocycles. The van der Waals surface area contributed by atoms with Crippen LogP contribution in [0.2, 0.25) is 0 Å². The Hall–Kier alpha value is -0.310. The lowest BCUT2D eigenvalue weighted by molar-refractivity contribution is 0.123. The van der Waals surface area contributed by atoms with Gasteiger partial charge < -0.3 is 5.32 Å². The van der Waals surface area contributed by atoms with Crippen molar-refractivity contribution >= 4 is 10.2 Å². The zero-order valence-corrected chi connectivity index (χ0v) is 13.0. The van der Waals surface area contributed by atoms with E-state index in [2.05, 4.69) is 12.2 Å². The van der Waals surface area contributed by atoms with Crippen molar-refractivity contribution in [3.05, 3.63) is 0 Å². The van der Waals surface area contributed by atoms with E-state index in [9.17, 15) is 17.2 Å². The van der Waals surface area contributed by atoms with Crippen molar-refractivity contribution in [3.8, 4) is 0 Å². The first-order valence-electron chi connectivity index (χ1n) is 7.08. The van der Waals surface area contributed by atoms with Gasteiger partial charge in [0.1, 0.15) is 0 Å². The van der Waals surface area contributed by atoms with Crippen LogP contribution in [0.1, 0.15) is 26.2 Å². The number of halogens is 2. The first kappa shape index (κ1) is 17.7. The van der Waals surface area contributed by atoms with E-state index in [1.165, 1.54) is 11.4 Å². The summed E-state index contributed by atoms with van der Waals surface area (Å²) in [7, 11) is -2.53. The Morgan fingerprint density at radius 3 is 2.45 bits per heavy atom. The predicted molar refractivity (Wildman–Crippen MR) is 75.0 cm³/mol. The molecule has 1 rings (SSSR count). The number of rotatable bonds is 8. The van der Waals surface area contributed by atoms with Crippen molar-refractivity contribution in [2.45, 2.75) is 32.6 Å². The summed E-state index contributed by atoms with van der Waals surface area (Å²) in [4.78, 5) is 0. The number of alkyl halides is 2. The van der Waals surface area contributed by atoms with Gasteiger partial charge in [-0.1, -0.05) is 6.92 Å². The highest BCUT2D eigenvalue weighted by molar-refractivity contribution is 7.86. The molecule has 0 bridgehead atoms. The van der Waals surface area contributed by atoms with E-state index in [0.29, 0.717) is 19.0 Å². The van der Waals surface area contributed by atoms with Gasteiger partial charge in [0.15, 0.2) is 0 Å². The molecule has 0 amide bonds. The molecule has 1 heterocycles. The van der Waals surface area contributed by atoms with E-state index in [0.717, 1.165) is 36.7 Å². The van der Waals surface area contributed by atoms with Gasteiger partial charge >= 0.3 is 0 Å². The molecule has 1 fully saturated rings. The second-order valence-corrected chi connectivity index (χ2v) is 7.26. The molecule has 0 radical (unpaired) electrons. The second kappa shape index (κ2) is 8.21. The molecule has 0 aromatic carbocycles. The summed E-state index contributed by atoms with van der Waals surface area (Å²) in [5.74, 6) is 0.466. The summed E-state index contributed by atoms with van der Waals surface area (Å²) < 4.78 is 50.8. The summed E-state index contributed by atoms with van der Waals surface area (Å²) >= 11 is 0. The highest BCUT2D eigenvalue weighted by Gasteiger charge is 2.31. The Bertz CT molecular complexity index is 371. The third-order valence-electron chi connectivity index (χ3n) is 3.55. The molecule has 5 nitrogen and oxygen atoms in total. The Labute approximate surface area is 120 Å². The smallest absolute Gasteiger partial charge is 0.281 e. The molecule has 20 heavy (non-hydrogen) atoms. The van der Waals surface area contributed by atoms with Crippen LogP contribution in [0.5, 0.6) is 0 Å². The average molecular weight is 313 g/mol. The van der Waals surface area contributed by atoms with E-state index in [-0.39, 0.29) is 0 Å². The molecule has 0 spiro atoms. The minimum atomic E-state index is -3.74. The highest BCUT2D eigenvalue weighted by Crippen LogP contribution is 2.20. The molecule has 1 aliphatic heterocycles. The highest BCUT2D eigenvalue weighted by atomic mass is 32.2. The summed E-state index contributed by atoms with van der Waals surface area (Å²) in [6, 6.07) is 0. The van der Waals surface area contributed by atoms with Crippen LogP contribution < -0.4 is 5.32 Å². The number of piperidine rings is 1. The normalized spacial score (nSPS) is 19.1. The Morgan fingerprint density at radius 1 is 1.35 bits per heavy atom. The fourth-order valence-electron chi connectivity index (χ4n) is 2.31. The van der Waals surface area contributed by atoms with E-state index >= 15 is 0 Å². The molecule has 8 heteroatoms. The van der Waals surface area contributed by atoms with E-state index in [1.807, 2.05) is 0 Å². The average Bonchev–Trinajstić information content (AvgIpc) is 2.39. The van der Waals surface area contributed by atoms with Crippen LogP contribution >= 0.6 is 0 Å². The summed E-state index contributed by atoms with van der Waals surface area (Å²) in [6.45, 7) is 4.04. The molecule has 0 unspecified atom stereocenters. The van der Waals surface area contributed by atoms with Crippen LogP contribution in [-0.4, -0.2) is 63.2 Å². The zero-order valence-electron chi connectivity index (χ0n) is 12.2. The van der Waals surface area contributed by atoms with Crippen LogP contribution in [-0.2, 0) is 10.2 Å². The lowest BCUT2D eigenvalue weighted by Gasteiger charge is -2.33. The maximum Gasteiger partial charge on any atom is 0.281 e. The number of nitrogens with zero attached hydrogens (tertiary/aromatic N) is 2. The Morgan fingerprint density at radius 2 is 1.95 bits per heavy atom. The van der Waals surface area contributed by atoms with Crippen molar-refractivity contribution in [1.82, 2.24) is 13.9 Å². The summed E-state index contributed by atoms with van der Waals surface area (Å²) in [5.41, 5.74) is 0. The first-order chi connectivity index (χ1) is 9.37. The maximum atomic E-state index is 12.3. The van der Waals surface area contributed by atoms with Gasteiger partial charge in [0.2, 0.25) is 0 Å². The molecule has 0 aromatic heterocycles. The van der Waals surface area contributed by atoms with Crippen LogP contribution in [0.15, 0.2) is 0 Å². The number of hydrogen-bond acceptors (Lipinski definition) is 3. The monoisotopic (exact) mass is 313 g/mol. The molecule has 0 saturated carbocycles. The standard InChI is InChI=1S/C12H25F2N3O2S/c1-3-6-15-9-11-4-7-17(8-5-11)20(18,19)16(2)10-12(13)14/h11-12,15H,3-10H2,1-2H3. The van der Waals surface area contributed by atoms with Crippen molar-refractivity contribution in [1.29, 1.82) is 0 Å². The SMILES string of the molecule is CCCNCC1CCN(S(=O)(=O)N(C)CC(F)F)CC1. The van der Waals surface area contributed by atoms with Gasteiger partial charge in [-0.15, -0.1) is 0 Å². The molecular weight excluding hydrogens is 288 g/mol. The van der Waals surface area contributed by atoms with Crippen LogP contribution in [0.3, 0.4) is 0 Å². The van der Waals surface area contributed by atoms with Crippen molar-refractivity contribution < 1.29 is 17.2 Å². The second-order valence-electron chi connectivity index (χ2n) is 5.23. The largest absolute Gasteiger partial charge is 0.316 e. The topological polar surface area (TPSA) is 52.7 Å². The van der Waals surface area contributed by atoms with Gasteiger partial charge in [0, 0.05) is 20.1 Å². The Balaban J connectivity index is 2.43. The summed E-state index contributed by atoms with van der Waals surface area (Å²) in [5, 5.41) is 3.33. The van der Waals surface area contributed by atoms with Crippen molar-refractivity contribution in [2.24, 2.45) is 5.92 Å². The molecule has 0 aliphatic carbocycles. The minimum absolute atomic E-state index is 0.411. The maximum absolute atomic E-state index is 12.3. The van der Waals surface area contributed by atoms with Crippen molar-refractivity contribution in [2.75, 3.05) is 39.8 Å². The predicted octanol–water partition coefficient (Wildman–Crippen LogP) is 1.14. The molecule has 0 aromatic rings. The van der Waals surface area contributed by atoms with E-state index in [4.69, 9.17) is 0 Å². The minimum Gasteiger partial charge on any atom is -0.316 e. The van der Waals surface area contributed by atoms with Crippen molar-refractivity contribution in [3.63, 3.8) is 0 Å². The third-order valence-corrected chi connectivity index (χ3v) is 5.50. The number of nitrogens with one attached hydrogen (secondary N) is 1. The Kier molecular flexibility index (Phi) is 7.28. The lowest BCUT2D eigenvalue weighted by Crippen LogP contribution is -2.47. The van der Waals surface area contributed by atoms with E-state index in [1.54, 1.807) is 0 Å². The fourth-order valence-corrected chi connectivity index (χ4v) is 3.68. The van der Waals surface area contributed by atoms with Crippen LogP contribution in [0.25, 0.3) is 0 Å². The van der Waals surface area contributed by atoms with Gasteiger partial charge in [0.05, 0.1) is 6.54 Å². The first-order valence-corrected chi connectivity index (χ1v) is 8.47. The molecule has 0 atom stereocenters. The van der Waals surface area contributed by atoms with Gasteiger partial charge in [-0.05, 0) is 38.3 Å². The molecule has 120 valence electrons. The van der Waals surface area contributed by atoms with E-state index < -0.39 is 23.2 Å². The van der Waals surface area contributed by atoms with Gasteiger partial charge in [-0.3, -0.25) is 0 Å². The fraction of sp³-hybridized carbons (Fsp3) is 1.00. The van der Waals surface area contributed by atoms with Gasteiger partial charge in [-0.25, -0.2) is 8.78 Å². The lowest BCUT2D eigenvalue weighted by atomic mass is 9.98. The zero-order chi connectivity index (χ0) is 15.2. The summed E-state index contributed by atoms with van der Waals surface area (Å²) in [6.07, 6.45) is -0.0201. The third kappa shape index (κ3) is 5.23. The number of hydrogen-bond donors (Lipinski definition) is 1.